The molecular formula is C120H180N6O18. The lowest BCUT2D eigenvalue weighted by atomic mass is 9.79. The van der Waals surface area contributed by atoms with Crippen molar-refractivity contribution in [2.24, 2.45) is 70.9 Å². The second-order valence-corrected chi connectivity index (χ2v) is 34.3. The Balaban J connectivity index is 0.000000267. The normalized spacial score (nSPS) is 41.8. The van der Waals surface area contributed by atoms with Crippen LogP contribution < -0.4 is 56.8 Å². The molecule has 0 aromatic heterocycles. The molecule has 0 radical (unpaired) electrons. The van der Waals surface area contributed by atoms with E-state index in [9.17, 15) is 30.1 Å². The average molecular weight is 2080 g/mol. The fourth-order valence-electron chi connectivity index (χ4n) is 17.0. The van der Waals surface area contributed by atoms with Crippen molar-refractivity contribution in [3.63, 3.8) is 0 Å². The Kier molecular flexibility index (Phi) is 17.6. The standard InChI is InChI=1S/3C20H29NO3.3C19H27NO3.3CH4/c3*1-5-13(2)8-15-12-21-7-6-14-9-19(23-3)20(24-4)10-16(14)17(21)11-18(15)22;3*1-12(2)7-14-11-20-6-5-13-8-18(22-3)19(23-4)9-15(13)16(20)10-17(14)21;;;/h3*9-10,13,15,17H,5-8,11-12H2,1-4H3;3*8-9,12,14,16H,5-7,10-11H2,1-4H3;3*1H4/i2D3,3D3,5D2,8D2,9D,10D,11D2,12D2,13D,15D;2D3,3D3,5D2,6D2,7D2,8D2,9D,10D,13D,17D;2D3,3D3,5D2,8D2,9D,10D,12D2,13D;3D3,8D,9D,10D2,11D2,14D;3D3,5D2,6D2,10D2,14D,16D;3D3,5D2,6D2,8D,9D,16D;;;. The summed E-state index contributed by atoms with van der Waals surface area (Å²) in [4.78, 5) is 85.2. The van der Waals surface area contributed by atoms with E-state index < -0.39 is 504 Å². The number of Topliss-reactive ketones (excluding diaryl/α,β-unsaturated/α-hetero) is 6. The maximum Gasteiger partial charge on any atom is 0.161 e. The number of benzene rings is 6. The number of hydrogen-bond acceptors (Lipinski definition) is 24. The molecule has 798 valence electrons. The van der Waals surface area contributed by atoms with Crippen LogP contribution in [0.1, 0.15) is 416 Å². The molecule has 12 heterocycles. The predicted molar refractivity (Wildman–Crippen MR) is 575 cm³/mol. The highest BCUT2D eigenvalue weighted by molar-refractivity contribution is 5.86. The summed E-state index contributed by atoms with van der Waals surface area (Å²) in [5.41, 5.74) is -4.38. The molecule has 15 atom stereocenters. The molecule has 15 unspecified atom stereocenters. The molecule has 0 bridgehead atoms. The quantitative estimate of drug-likeness (QED) is 0.0466. The molecule has 6 fully saturated rings. The van der Waals surface area contributed by atoms with Crippen LogP contribution in [-0.2, 0) is 67.1 Å². The van der Waals surface area contributed by atoms with Crippen LogP contribution in [0, 0.1) is 70.9 Å². The molecule has 0 saturated carbocycles. The third-order valence-corrected chi connectivity index (χ3v) is 23.8. The van der Waals surface area contributed by atoms with Crippen molar-refractivity contribution in [2.75, 3.05) is 163 Å². The molecule has 24 nitrogen and oxygen atoms in total. The van der Waals surface area contributed by atoms with E-state index in [4.69, 9.17) is 168 Å². The van der Waals surface area contributed by atoms with Gasteiger partial charge >= 0.3 is 0 Å². The van der Waals surface area contributed by atoms with Crippen molar-refractivity contribution >= 4 is 34.7 Å². The van der Waals surface area contributed by atoms with E-state index in [1.807, 2.05) is 13.8 Å². The number of rotatable bonds is 27. The summed E-state index contributed by atoms with van der Waals surface area (Å²) in [5.74, 6) is -39.3. The summed E-state index contributed by atoms with van der Waals surface area (Å²) in [6.45, 7) is -20.1. The van der Waals surface area contributed by atoms with Gasteiger partial charge < -0.3 is 56.8 Å². The molecule has 0 spiro atoms. The van der Waals surface area contributed by atoms with Gasteiger partial charge in [0.1, 0.15) is 34.7 Å². The first-order valence-corrected chi connectivity index (χ1v) is 44.6. The number of carbonyl (C=O) groups excluding carboxylic acids is 6. The SMILES string of the molecule is C.C.C.[2H]C([2H])([2H])Oc1cc2c(cc1OC)C1([2H])N(CC([2H])(CC(C)C)C(=O)C1([2H])[2H])C([2H])([2H])C2([2H])[2H].[2H]c1c(OC)c(OC([2H])([2H])[2H])c([2H])c2c1C1([2H])CC(=O)C(C([2H])([2H])C([2H])(C([2H])([2H])[2H])C([2H])([2H])C)CN1C([2H])([2H])C2([2H])[2H].[2H]c1c(OC)c(OC([2H])([2H])[2H])c([2H])c2c1C1([2H])CC(=O)C(CC(C)C)CN1C([2H])([2H])C2([2H])[2H].[2H]c1c2c(c([2H])c(OC)c1OC([2H])([2H])[2H])C1CC(=O)C(C([2H])([2H])C([2H])(C([2H])([2H])[2H])C([2H])([2H])C)C([2H])([2H])N1CC2.[2H]c1c2c(c([2H])c(OC)c1OC([2H])([2H])[2H])C1N(CC2)C([2H])([2H])C([2H])(C([2H])([2H])C([2H])(C([2H])([2H])[2H])C([2H])([2H])C)C(=O)C1([2H])[2H].[2H]c1c2c(c([2H])c(OC)c1OC([2H])([2H])[2H])C1N(CC2)C([2H])([2H])C([2H])(CC(C)C)C(=O)C1([2H])[2H]. The number of ether oxygens (including phenoxy) is 12. The molecule has 12 aliphatic heterocycles. The zero-order valence-electron chi connectivity index (χ0n) is 162. The van der Waals surface area contributed by atoms with Crippen molar-refractivity contribution < 1.29 is 198 Å². The lowest BCUT2D eigenvalue weighted by molar-refractivity contribution is -0.130. The van der Waals surface area contributed by atoms with Crippen LogP contribution in [0.4, 0.5) is 0 Å². The molecule has 24 heteroatoms. The van der Waals surface area contributed by atoms with Gasteiger partial charge in [0, 0.05) is 258 Å². The van der Waals surface area contributed by atoms with Gasteiger partial charge in [-0.2, -0.15) is 0 Å². The number of nitrogens with zero attached hydrogens (tertiary/aromatic N) is 6. The highest BCUT2D eigenvalue weighted by Gasteiger charge is 2.47. The van der Waals surface area contributed by atoms with Crippen molar-refractivity contribution in [1.29, 1.82) is 0 Å². The Labute approximate surface area is 979 Å². The zero-order valence-corrected chi connectivity index (χ0v) is 80.0. The molecule has 0 aliphatic carbocycles. The second-order valence-electron chi connectivity index (χ2n) is 34.3. The van der Waals surface area contributed by atoms with Crippen LogP contribution >= 0.6 is 0 Å². The fraction of sp³-hybridized carbons (Fsp3) is 0.650. The summed E-state index contributed by atoms with van der Waals surface area (Å²) >= 11 is 0. The van der Waals surface area contributed by atoms with Crippen molar-refractivity contribution in [2.45, 2.75) is 276 Å². The first kappa shape index (κ1) is 47.3. The van der Waals surface area contributed by atoms with E-state index in [-0.39, 0.29) is 125 Å². The molecule has 6 aromatic rings. The Bertz CT molecular complexity index is 9330. The van der Waals surface area contributed by atoms with Gasteiger partial charge in [0.05, 0.1) is 127 Å². The Morgan fingerprint density at radius 3 is 1.11 bits per heavy atom. The van der Waals surface area contributed by atoms with E-state index in [2.05, 4.69) is 0 Å². The van der Waals surface area contributed by atoms with E-state index in [1.165, 1.54) is 0 Å². The van der Waals surface area contributed by atoms with Gasteiger partial charge in [0.25, 0.3) is 0 Å². The van der Waals surface area contributed by atoms with Gasteiger partial charge in [0.15, 0.2) is 69.0 Å². The largest absolute Gasteiger partial charge is 0.493 e. The number of methoxy groups -OCH3 is 12. The van der Waals surface area contributed by atoms with Crippen molar-refractivity contribution in [1.82, 2.24) is 29.4 Å². The summed E-state index contributed by atoms with van der Waals surface area (Å²) in [6, 6.07) is -17.4. The van der Waals surface area contributed by atoms with E-state index in [0.29, 0.717) is 41.9 Å². The maximum absolute atomic E-state index is 13.9. The zero-order chi connectivity index (χ0) is 173. The number of ketones is 6. The summed E-state index contributed by atoms with van der Waals surface area (Å²) in [7, 11) is -11.7. The molecule has 12 aliphatic rings. The number of piperidine rings is 6. The average Bonchev–Trinajstić information content (AvgIpc) is 0.656. The molecule has 6 aromatic carbocycles. The first-order chi connectivity index (χ1) is 99.3. The van der Waals surface area contributed by atoms with Crippen LogP contribution in [0.5, 0.6) is 69.0 Å². The van der Waals surface area contributed by atoms with Crippen molar-refractivity contribution in [3.05, 3.63) is 139 Å². The minimum atomic E-state index is -4.21. The lowest BCUT2D eigenvalue weighted by Gasteiger charge is -2.43. The van der Waals surface area contributed by atoms with Crippen LogP contribution in [0.3, 0.4) is 0 Å². The number of carbonyl (C=O) groups is 6. The predicted octanol–water partition coefficient (Wildman–Crippen LogP) is 22.5. The number of hydrogen-bond donors (Lipinski definition) is 0. The molecule has 0 N–H and O–H groups in total. The van der Waals surface area contributed by atoms with Gasteiger partial charge in [-0.15, -0.1) is 0 Å². The van der Waals surface area contributed by atoms with Crippen LogP contribution in [0.25, 0.3) is 0 Å². The third-order valence-electron chi connectivity index (χ3n) is 23.8. The van der Waals surface area contributed by atoms with Gasteiger partial charge in [-0.1, -0.05) is 124 Å². The maximum atomic E-state index is 13.9. The van der Waals surface area contributed by atoms with Gasteiger partial charge in [-0.3, -0.25) is 58.2 Å². The molecule has 18 rings (SSSR count). The van der Waals surface area contributed by atoms with E-state index in [1.54, 1.807) is 27.7 Å². The first-order valence-electron chi connectivity index (χ1n) is 85.6. The molecule has 0 amide bonds. The molecule has 6 saturated heterocycles. The summed E-state index contributed by atoms with van der Waals surface area (Å²) < 4.78 is 736. The Morgan fingerprint density at radius 1 is 0.340 bits per heavy atom. The van der Waals surface area contributed by atoms with Crippen LogP contribution in [0.2, 0.25) is 0 Å². The smallest absolute Gasteiger partial charge is 0.161 e. The van der Waals surface area contributed by atoms with Crippen LogP contribution in [0.15, 0.2) is 72.6 Å². The lowest BCUT2D eigenvalue weighted by Crippen LogP contribution is -2.46. The van der Waals surface area contributed by atoms with E-state index in [0.717, 1.165) is 69.5 Å². The molecule has 144 heavy (non-hydrogen) atoms. The van der Waals surface area contributed by atoms with Crippen molar-refractivity contribution in [3.8, 4) is 69.0 Å². The van der Waals surface area contributed by atoms with Gasteiger partial charge in [-0.25, -0.2) is 0 Å². The number of fused-ring (bicyclic) bond motifs is 18. The minimum Gasteiger partial charge on any atom is -0.493 e. The van der Waals surface area contributed by atoms with Gasteiger partial charge in [0.2, 0.25) is 0 Å². The van der Waals surface area contributed by atoms with Gasteiger partial charge in [-0.05, 0) is 252 Å². The minimum absolute atomic E-state index is 0. The highest BCUT2D eigenvalue weighted by atomic mass is 16.5. The summed E-state index contributed by atoms with van der Waals surface area (Å²) in [6.07, 6.45) is -42.0. The topological polar surface area (TPSA) is 233 Å². The van der Waals surface area contributed by atoms with Crippen LogP contribution in [-0.4, -0.2) is 227 Å². The Morgan fingerprint density at radius 2 is 0.681 bits per heavy atom. The second kappa shape index (κ2) is 53.5. The highest BCUT2D eigenvalue weighted by Crippen LogP contribution is 2.51. The molecular weight excluding hydrogens is 1810 g/mol. The Hall–Kier alpha value is -9.30. The fourth-order valence-corrected chi connectivity index (χ4v) is 17.0. The monoisotopic (exact) mass is 2080 g/mol. The summed E-state index contributed by atoms with van der Waals surface area (Å²) in [5, 5.41) is 0. The number of aryl methyl sites for hydroxylation is 1. The van der Waals surface area contributed by atoms with E-state index >= 15 is 0 Å². The third kappa shape index (κ3) is 27.2.